The number of hydrogen-bond acceptors (Lipinski definition) is 7. The molecule has 2 aromatic rings. The van der Waals surface area contributed by atoms with Crippen molar-refractivity contribution in [2.75, 3.05) is 38.3 Å². The maximum Gasteiger partial charge on any atom is 0.251 e. The van der Waals surface area contributed by atoms with E-state index in [0.717, 1.165) is 37.7 Å². The predicted octanol–water partition coefficient (Wildman–Crippen LogP) is 2.97. The molecule has 1 saturated carbocycles. The van der Waals surface area contributed by atoms with Gasteiger partial charge in [0.15, 0.2) is 0 Å². The number of benzene rings is 2. The van der Waals surface area contributed by atoms with Gasteiger partial charge in [-0.1, -0.05) is 49.6 Å². The molecular weight excluding hydrogens is 548 g/mol. The van der Waals surface area contributed by atoms with Crippen molar-refractivity contribution in [2.24, 2.45) is 0 Å². The molecule has 4 N–H and O–H groups in total. The van der Waals surface area contributed by atoms with E-state index in [1.165, 1.54) is 6.42 Å². The Bertz CT molecular complexity index is 1200. The number of methoxy groups -OCH3 is 1. The molecule has 2 aliphatic rings. The molecule has 0 radical (unpaired) electrons. The van der Waals surface area contributed by atoms with Gasteiger partial charge in [0.05, 0.1) is 24.8 Å². The first kappa shape index (κ1) is 32.4. The highest BCUT2D eigenvalue weighted by molar-refractivity contribution is 5.99. The molecule has 10 heteroatoms. The van der Waals surface area contributed by atoms with Crippen molar-refractivity contribution < 1.29 is 29.0 Å². The summed E-state index contributed by atoms with van der Waals surface area (Å²) < 4.78 is 10.9. The van der Waals surface area contributed by atoms with Gasteiger partial charge in [0.25, 0.3) is 5.91 Å². The molecule has 0 spiro atoms. The molecule has 1 saturated heterocycles. The summed E-state index contributed by atoms with van der Waals surface area (Å²) >= 11 is 0. The minimum absolute atomic E-state index is 0.00509. The highest BCUT2D eigenvalue weighted by atomic mass is 16.5. The minimum Gasteiger partial charge on any atom is -0.491 e. The second kappa shape index (κ2) is 16.4. The third kappa shape index (κ3) is 9.77. The van der Waals surface area contributed by atoms with Crippen LogP contribution in [0.2, 0.25) is 0 Å². The van der Waals surface area contributed by atoms with Crippen molar-refractivity contribution >= 4 is 23.4 Å². The van der Waals surface area contributed by atoms with Crippen molar-refractivity contribution in [3.8, 4) is 5.75 Å². The van der Waals surface area contributed by atoms with E-state index in [-0.39, 0.29) is 24.4 Å². The number of aliphatic hydroxyl groups is 1. The lowest BCUT2D eigenvalue weighted by atomic mass is 9.95. The monoisotopic (exact) mass is 594 g/mol. The van der Waals surface area contributed by atoms with E-state index in [4.69, 9.17) is 9.47 Å². The first-order valence-corrected chi connectivity index (χ1v) is 15.5. The molecule has 2 aromatic carbocycles. The number of nitrogens with zero attached hydrogens (tertiary/aromatic N) is 1. The molecule has 4 rings (SSSR count). The van der Waals surface area contributed by atoms with E-state index >= 15 is 0 Å². The maximum atomic E-state index is 13.7. The van der Waals surface area contributed by atoms with E-state index in [9.17, 15) is 19.5 Å². The number of amides is 3. The number of anilines is 1. The average molecular weight is 595 g/mol. The second-order valence-electron chi connectivity index (χ2n) is 11.5. The van der Waals surface area contributed by atoms with Gasteiger partial charge in [-0.15, -0.1) is 0 Å². The van der Waals surface area contributed by atoms with E-state index in [0.29, 0.717) is 49.6 Å². The fourth-order valence-electron chi connectivity index (χ4n) is 5.63. The van der Waals surface area contributed by atoms with Crippen LogP contribution in [0.1, 0.15) is 67.8 Å². The number of carbonyl (C=O) groups is 3. The molecule has 43 heavy (non-hydrogen) atoms. The van der Waals surface area contributed by atoms with Crippen molar-refractivity contribution in [3.05, 3.63) is 59.7 Å². The highest BCUT2D eigenvalue weighted by Gasteiger charge is 2.27. The zero-order chi connectivity index (χ0) is 30.6. The lowest BCUT2D eigenvalue weighted by Gasteiger charge is -2.28. The Labute approximate surface area is 254 Å². The van der Waals surface area contributed by atoms with Crippen LogP contribution in [0.25, 0.3) is 0 Å². The van der Waals surface area contributed by atoms with Crippen LogP contribution in [-0.2, 0) is 20.7 Å². The van der Waals surface area contributed by atoms with Crippen molar-refractivity contribution in [3.63, 3.8) is 0 Å². The smallest absolute Gasteiger partial charge is 0.251 e. The SMILES string of the molecule is COCCOc1cc(C(=O)N[C@@H](Cc2ccccc2)[C@H](O)CN[C@@H](C)C(=O)NC2CCCCC2)cc(N2CCCC2=O)c1. The zero-order valence-corrected chi connectivity index (χ0v) is 25.3. The van der Waals surface area contributed by atoms with Gasteiger partial charge < -0.3 is 35.4 Å². The van der Waals surface area contributed by atoms with Crippen LogP contribution in [-0.4, -0.2) is 80.5 Å². The van der Waals surface area contributed by atoms with Crippen molar-refractivity contribution in [2.45, 2.75) is 82.5 Å². The van der Waals surface area contributed by atoms with E-state index in [1.807, 2.05) is 30.3 Å². The molecule has 1 aliphatic carbocycles. The number of hydrogen-bond donors (Lipinski definition) is 4. The topological polar surface area (TPSA) is 129 Å². The average Bonchev–Trinajstić information content (AvgIpc) is 3.46. The molecule has 10 nitrogen and oxygen atoms in total. The number of carbonyl (C=O) groups excluding carboxylic acids is 3. The molecule has 0 unspecified atom stereocenters. The fourth-order valence-corrected chi connectivity index (χ4v) is 5.63. The Morgan fingerprint density at radius 2 is 1.81 bits per heavy atom. The van der Waals surface area contributed by atoms with E-state index < -0.39 is 24.1 Å². The van der Waals surface area contributed by atoms with Crippen LogP contribution in [0.15, 0.2) is 48.5 Å². The van der Waals surface area contributed by atoms with Crippen LogP contribution in [0.4, 0.5) is 5.69 Å². The Morgan fingerprint density at radius 3 is 2.51 bits per heavy atom. The lowest BCUT2D eigenvalue weighted by molar-refractivity contribution is -0.123. The number of aliphatic hydroxyl groups excluding tert-OH is 1. The molecular formula is C33H46N4O6. The third-order valence-electron chi connectivity index (χ3n) is 8.15. The summed E-state index contributed by atoms with van der Waals surface area (Å²) in [5.74, 6) is -0.0188. The Hall–Kier alpha value is -3.47. The maximum absolute atomic E-state index is 13.7. The molecule has 2 fully saturated rings. The van der Waals surface area contributed by atoms with Gasteiger partial charge in [-0.2, -0.15) is 0 Å². The summed E-state index contributed by atoms with van der Waals surface area (Å²) in [6, 6.07) is 13.8. The van der Waals surface area contributed by atoms with Crippen LogP contribution in [0.3, 0.4) is 0 Å². The third-order valence-corrected chi connectivity index (χ3v) is 8.15. The van der Waals surface area contributed by atoms with Crippen molar-refractivity contribution in [1.29, 1.82) is 0 Å². The highest BCUT2D eigenvalue weighted by Crippen LogP contribution is 2.28. The lowest BCUT2D eigenvalue weighted by Crippen LogP contribution is -2.53. The summed E-state index contributed by atoms with van der Waals surface area (Å²) in [7, 11) is 1.58. The predicted molar refractivity (Wildman–Crippen MR) is 165 cm³/mol. The van der Waals surface area contributed by atoms with Crippen LogP contribution >= 0.6 is 0 Å². The van der Waals surface area contributed by atoms with Gasteiger partial charge in [-0.3, -0.25) is 14.4 Å². The minimum atomic E-state index is -0.977. The molecule has 3 amide bonds. The molecule has 1 aliphatic heterocycles. The van der Waals surface area contributed by atoms with Crippen molar-refractivity contribution in [1.82, 2.24) is 16.0 Å². The molecule has 0 aromatic heterocycles. The van der Waals surface area contributed by atoms with Crippen LogP contribution in [0, 0.1) is 0 Å². The Kier molecular flexibility index (Phi) is 12.4. The molecule has 3 atom stereocenters. The summed E-state index contributed by atoms with van der Waals surface area (Å²) in [4.78, 5) is 40.6. The number of ether oxygens (including phenoxy) is 2. The first-order chi connectivity index (χ1) is 20.8. The largest absolute Gasteiger partial charge is 0.491 e. The Morgan fingerprint density at radius 1 is 1.05 bits per heavy atom. The first-order valence-electron chi connectivity index (χ1n) is 15.5. The van der Waals surface area contributed by atoms with E-state index in [2.05, 4.69) is 16.0 Å². The fraction of sp³-hybridized carbons (Fsp3) is 0.545. The quantitative estimate of drug-likeness (QED) is 0.233. The standard InChI is InChI=1S/C33H46N4O6/c1-23(32(40)35-26-12-7-4-8-13-26)34-22-30(38)29(18-24-10-5-3-6-11-24)36-33(41)25-19-27(37-15-9-14-31(37)39)21-28(20-25)43-17-16-42-2/h3,5-6,10-11,19-21,23,26,29-30,34,38H,4,7-9,12-18,22H2,1-2H3,(H,35,40)(H,36,41)/t23-,29-,30+/m0/s1. The Balaban J connectivity index is 1.46. The molecule has 0 bridgehead atoms. The van der Waals surface area contributed by atoms with Crippen LogP contribution < -0.4 is 25.6 Å². The molecule has 234 valence electrons. The van der Waals surface area contributed by atoms with Gasteiger partial charge in [-0.25, -0.2) is 0 Å². The van der Waals surface area contributed by atoms with Crippen LogP contribution in [0.5, 0.6) is 5.75 Å². The number of nitrogens with one attached hydrogen (secondary N) is 3. The normalized spacial score (nSPS) is 17.7. The van der Waals surface area contributed by atoms with Gasteiger partial charge in [0.1, 0.15) is 12.4 Å². The second-order valence-corrected chi connectivity index (χ2v) is 11.5. The molecule has 1 heterocycles. The number of rotatable bonds is 15. The van der Waals surface area contributed by atoms with Gasteiger partial charge >= 0.3 is 0 Å². The summed E-state index contributed by atoms with van der Waals surface area (Å²) in [6.45, 7) is 3.15. The summed E-state index contributed by atoms with van der Waals surface area (Å²) in [5, 5.41) is 20.6. The summed E-state index contributed by atoms with van der Waals surface area (Å²) in [6.07, 6.45) is 6.10. The van der Waals surface area contributed by atoms with Gasteiger partial charge in [-0.05, 0) is 50.3 Å². The van der Waals surface area contributed by atoms with E-state index in [1.54, 1.807) is 37.1 Å². The van der Waals surface area contributed by atoms with Gasteiger partial charge in [0, 0.05) is 50.0 Å². The zero-order valence-electron chi connectivity index (χ0n) is 25.3. The van der Waals surface area contributed by atoms with Gasteiger partial charge in [0.2, 0.25) is 11.8 Å². The summed E-state index contributed by atoms with van der Waals surface area (Å²) in [5.41, 5.74) is 1.88.